The highest BCUT2D eigenvalue weighted by Crippen LogP contribution is 2.18. The van der Waals surface area contributed by atoms with Gasteiger partial charge in [0.05, 0.1) is 0 Å². The lowest BCUT2D eigenvalue weighted by atomic mass is 10.0. The molecule has 0 amide bonds. The van der Waals surface area contributed by atoms with Crippen molar-refractivity contribution in [1.82, 2.24) is 15.6 Å². The van der Waals surface area contributed by atoms with E-state index in [9.17, 15) is 0 Å². The van der Waals surface area contributed by atoms with E-state index in [0.717, 1.165) is 37.5 Å². The summed E-state index contributed by atoms with van der Waals surface area (Å²) in [6.07, 6.45) is 3.62. The van der Waals surface area contributed by atoms with Crippen LogP contribution in [0.5, 0.6) is 0 Å². The van der Waals surface area contributed by atoms with E-state index >= 15 is 0 Å². The molecule has 3 rings (SSSR count). The molecular weight excluding hydrogens is 344 g/mol. The van der Waals surface area contributed by atoms with Crippen molar-refractivity contribution >= 4 is 28.3 Å². The highest BCUT2D eigenvalue weighted by atomic mass is 35.5. The van der Waals surface area contributed by atoms with Gasteiger partial charge in [-0.1, -0.05) is 60.1 Å². The molecule has 0 spiro atoms. The summed E-state index contributed by atoms with van der Waals surface area (Å²) in [6, 6.07) is 18.8. The smallest absolute Gasteiger partial charge is 0.190 e. The zero-order chi connectivity index (χ0) is 18.2. The Morgan fingerprint density at radius 3 is 2.50 bits per heavy atom. The third kappa shape index (κ3) is 4.96. The summed E-state index contributed by atoms with van der Waals surface area (Å²) in [4.78, 5) is 8.38. The fourth-order valence-electron chi connectivity index (χ4n) is 2.93. The SMILES string of the molecule is CN=C(NCCc1ccc(Cl)nc1)NCCc1cccc2ccccc12. The molecule has 0 fully saturated rings. The number of rotatable bonds is 6. The number of nitrogens with zero attached hydrogens (tertiary/aromatic N) is 2. The first-order valence-corrected chi connectivity index (χ1v) is 9.15. The van der Waals surface area contributed by atoms with E-state index in [1.54, 1.807) is 13.2 Å². The van der Waals surface area contributed by atoms with Gasteiger partial charge in [0.25, 0.3) is 0 Å². The van der Waals surface area contributed by atoms with Crippen LogP contribution in [0.15, 0.2) is 65.8 Å². The molecule has 0 aliphatic rings. The molecule has 0 aliphatic heterocycles. The average Bonchev–Trinajstić information content (AvgIpc) is 2.68. The fourth-order valence-corrected chi connectivity index (χ4v) is 3.04. The molecule has 26 heavy (non-hydrogen) atoms. The maximum absolute atomic E-state index is 5.81. The van der Waals surface area contributed by atoms with Crippen molar-refractivity contribution in [2.24, 2.45) is 4.99 Å². The first kappa shape index (κ1) is 18.2. The van der Waals surface area contributed by atoms with Crippen LogP contribution in [-0.4, -0.2) is 31.1 Å². The van der Waals surface area contributed by atoms with Gasteiger partial charge in [-0.15, -0.1) is 0 Å². The highest BCUT2D eigenvalue weighted by Gasteiger charge is 2.02. The van der Waals surface area contributed by atoms with E-state index in [2.05, 4.69) is 63.1 Å². The van der Waals surface area contributed by atoms with E-state index in [-0.39, 0.29) is 0 Å². The van der Waals surface area contributed by atoms with Crippen molar-refractivity contribution in [2.75, 3.05) is 20.1 Å². The van der Waals surface area contributed by atoms with E-state index in [1.807, 2.05) is 12.1 Å². The molecule has 0 saturated heterocycles. The minimum atomic E-state index is 0.521. The Balaban J connectivity index is 1.47. The molecule has 2 N–H and O–H groups in total. The van der Waals surface area contributed by atoms with Gasteiger partial charge in [0, 0.05) is 26.3 Å². The van der Waals surface area contributed by atoms with Gasteiger partial charge in [-0.25, -0.2) is 4.98 Å². The number of hydrogen-bond donors (Lipinski definition) is 2. The predicted octanol–water partition coefficient (Wildman–Crippen LogP) is 3.84. The molecule has 134 valence electrons. The molecule has 3 aromatic rings. The molecule has 1 aromatic heterocycles. The number of halogens is 1. The Morgan fingerprint density at radius 1 is 0.962 bits per heavy atom. The lowest BCUT2D eigenvalue weighted by Crippen LogP contribution is -2.39. The number of aromatic nitrogens is 1. The molecule has 5 heteroatoms. The first-order valence-electron chi connectivity index (χ1n) is 8.78. The minimum Gasteiger partial charge on any atom is -0.356 e. The van der Waals surface area contributed by atoms with Crippen LogP contribution in [0.2, 0.25) is 5.15 Å². The summed E-state index contributed by atoms with van der Waals surface area (Å²) in [5.41, 5.74) is 2.49. The molecular formula is C21H23ClN4. The van der Waals surface area contributed by atoms with Crippen LogP contribution in [0.4, 0.5) is 0 Å². The van der Waals surface area contributed by atoms with E-state index in [4.69, 9.17) is 11.6 Å². The van der Waals surface area contributed by atoms with Gasteiger partial charge in [-0.2, -0.15) is 0 Å². The Hall–Kier alpha value is -2.59. The monoisotopic (exact) mass is 366 g/mol. The standard InChI is InChI=1S/C21H23ClN4/c1-23-21(24-13-11-16-9-10-20(22)26-15-16)25-14-12-18-7-4-6-17-5-2-3-8-19(17)18/h2-10,15H,11-14H2,1H3,(H2,23,24,25). The van der Waals surface area contributed by atoms with Crippen LogP contribution in [0.3, 0.4) is 0 Å². The number of hydrogen-bond acceptors (Lipinski definition) is 2. The lowest BCUT2D eigenvalue weighted by molar-refractivity contribution is 0.784. The van der Waals surface area contributed by atoms with Crippen molar-refractivity contribution < 1.29 is 0 Å². The number of benzene rings is 2. The Kier molecular flexibility index (Phi) is 6.45. The van der Waals surface area contributed by atoms with Crippen molar-refractivity contribution in [1.29, 1.82) is 0 Å². The van der Waals surface area contributed by atoms with Crippen molar-refractivity contribution in [2.45, 2.75) is 12.8 Å². The normalized spacial score (nSPS) is 11.5. The number of aliphatic imine (C=N–C) groups is 1. The summed E-state index contributed by atoms with van der Waals surface area (Å²) < 4.78 is 0. The second-order valence-electron chi connectivity index (χ2n) is 6.05. The highest BCUT2D eigenvalue weighted by molar-refractivity contribution is 6.29. The zero-order valence-electron chi connectivity index (χ0n) is 14.9. The average molecular weight is 367 g/mol. The lowest BCUT2D eigenvalue weighted by Gasteiger charge is -2.12. The fraction of sp³-hybridized carbons (Fsp3) is 0.238. The molecule has 0 unspecified atom stereocenters. The summed E-state index contributed by atoms with van der Waals surface area (Å²) in [5, 5.41) is 9.83. The second kappa shape index (κ2) is 9.20. The van der Waals surface area contributed by atoms with Crippen molar-refractivity contribution in [3.63, 3.8) is 0 Å². The van der Waals surface area contributed by atoms with Crippen LogP contribution < -0.4 is 10.6 Å². The van der Waals surface area contributed by atoms with Crippen LogP contribution in [0, 0.1) is 0 Å². The van der Waals surface area contributed by atoms with Gasteiger partial charge >= 0.3 is 0 Å². The molecule has 2 aromatic carbocycles. The van der Waals surface area contributed by atoms with Gasteiger partial charge in [-0.3, -0.25) is 4.99 Å². The van der Waals surface area contributed by atoms with E-state index in [0.29, 0.717) is 5.15 Å². The zero-order valence-corrected chi connectivity index (χ0v) is 15.6. The largest absolute Gasteiger partial charge is 0.356 e. The van der Waals surface area contributed by atoms with Gasteiger partial charge in [0.1, 0.15) is 5.15 Å². The molecule has 0 atom stereocenters. The summed E-state index contributed by atoms with van der Waals surface area (Å²) in [6.45, 7) is 1.62. The van der Waals surface area contributed by atoms with Crippen molar-refractivity contribution in [3.05, 3.63) is 77.1 Å². The van der Waals surface area contributed by atoms with Gasteiger partial charge in [0.2, 0.25) is 0 Å². The Labute approximate surface area is 159 Å². The Morgan fingerprint density at radius 2 is 1.73 bits per heavy atom. The van der Waals surface area contributed by atoms with Crippen molar-refractivity contribution in [3.8, 4) is 0 Å². The van der Waals surface area contributed by atoms with Crippen LogP contribution in [0.1, 0.15) is 11.1 Å². The topological polar surface area (TPSA) is 49.3 Å². The molecule has 4 nitrogen and oxygen atoms in total. The summed E-state index contributed by atoms with van der Waals surface area (Å²) >= 11 is 5.81. The third-order valence-electron chi connectivity index (χ3n) is 4.29. The van der Waals surface area contributed by atoms with E-state index in [1.165, 1.54) is 16.3 Å². The summed E-state index contributed by atoms with van der Waals surface area (Å²) in [7, 11) is 1.79. The minimum absolute atomic E-state index is 0.521. The van der Waals surface area contributed by atoms with E-state index < -0.39 is 0 Å². The van der Waals surface area contributed by atoms with Crippen LogP contribution >= 0.6 is 11.6 Å². The first-order chi connectivity index (χ1) is 12.8. The molecule has 0 bridgehead atoms. The molecule has 0 radical (unpaired) electrons. The number of pyridine rings is 1. The van der Waals surface area contributed by atoms with Crippen LogP contribution in [0.25, 0.3) is 10.8 Å². The molecule has 0 aliphatic carbocycles. The number of nitrogens with one attached hydrogen (secondary N) is 2. The maximum atomic E-state index is 5.81. The molecule has 0 saturated carbocycles. The van der Waals surface area contributed by atoms with Gasteiger partial charge < -0.3 is 10.6 Å². The Bertz CT molecular complexity index is 869. The van der Waals surface area contributed by atoms with Crippen LogP contribution in [-0.2, 0) is 12.8 Å². The predicted molar refractivity (Wildman–Crippen MR) is 110 cm³/mol. The third-order valence-corrected chi connectivity index (χ3v) is 4.51. The number of guanidine groups is 1. The number of fused-ring (bicyclic) bond motifs is 1. The molecule has 1 heterocycles. The maximum Gasteiger partial charge on any atom is 0.190 e. The van der Waals surface area contributed by atoms with Gasteiger partial charge in [-0.05, 0) is 40.8 Å². The second-order valence-corrected chi connectivity index (χ2v) is 6.44. The quantitative estimate of drug-likeness (QED) is 0.396. The van der Waals surface area contributed by atoms with Gasteiger partial charge in [0.15, 0.2) is 5.96 Å². The summed E-state index contributed by atoms with van der Waals surface area (Å²) in [5.74, 6) is 0.812.